The Hall–Kier alpha value is -1.72. The maximum Gasteiger partial charge on any atom is 0.408 e. The van der Waals surface area contributed by atoms with Crippen LogP contribution in [0.3, 0.4) is 0 Å². The molecule has 0 aromatic rings. The number of carbonyl (C=O) groups excluding carboxylic acids is 2. The molecular formula is C11H19NO5. The minimum atomic E-state index is -0.732. The van der Waals surface area contributed by atoms with Gasteiger partial charge in [0.05, 0.1) is 19.2 Å². The van der Waals surface area contributed by atoms with E-state index in [0.717, 1.165) is 6.08 Å². The lowest BCUT2D eigenvalue weighted by Crippen LogP contribution is -2.38. The first-order valence-corrected chi connectivity index (χ1v) is 5.13. The van der Waals surface area contributed by atoms with Gasteiger partial charge in [0.25, 0.3) is 0 Å². The molecule has 0 aliphatic carbocycles. The summed E-state index contributed by atoms with van der Waals surface area (Å²) in [6.45, 7) is 6.68. The van der Waals surface area contributed by atoms with Crippen LogP contribution in [-0.2, 0) is 14.3 Å². The molecule has 0 bridgehead atoms. The van der Waals surface area contributed by atoms with Gasteiger partial charge in [-0.25, -0.2) is 9.59 Å². The summed E-state index contributed by atoms with van der Waals surface area (Å²) < 4.78 is 9.32. The van der Waals surface area contributed by atoms with Gasteiger partial charge in [-0.15, -0.1) is 0 Å². The highest BCUT2D eigenvalue weighted by Gasteiger charge is 2.19. The Morgan fingerprint density at radius 2 is 1.88 bits per heavy atom. The number of hydrogen-bond acceptors (Lipinski definition) is 5. The molecule has 6 nitrogen and oxygen atoms in total. The van der Waals surface area contributed by atoms with E-state index in [1.807, 2.05) is 0 Å². The van der Waals surface area contributed by atoms with E-state index in [1.54, 1.807) is 20.8 Å². The van der Waals surface area contributed by atoms with Gasteiger partial charge in [0.15, 0.2) is 0 Å². The van der Waals surface area contributed by atoms with Crippen molar-refractivity contribution in [3.8, 4) is 0 Å². The van der Waals surface area contributed by atoms with Crippen LogP contribution in [0.4, 0.5) is 4.79 Å². The second-order valence-corrected chi connectivity index (χ2v) is 4.46. The molecule has 1 unspecified atom stereocenters. The molecule has 0 radical (unpaired) electrons. The van der Waals surface area contributed by atoms with Crippen LogP contribution < -0.4 is 5.32 Å². The van der Waals surface area contributed by atoms with Gasteiger partial charge in [0, 0.05) is 0 Å². The number of hydrogen-bond donors (Lipinski definition) is 2. The van der Waals surface area contributed by atoms with Crippen molar-refractivity contribution in [1.29, 1.82) is 0 Å². The number of alkyl carbamates (subject to hydrolysis) is 1. The maximum atomic E-state index is 11.3. The van der Waals surface area contributed by atoms with Gasteiger partial charge in [0.2, 0.25) is 0 Å². The van der Waals surface area contributed by atoms with Crippen LogP contribution in [0, 0.1) is 0 Å². The zero-order chi connectivity index (χ0) is 13.6. The van der Waals surface area contributed by atoms with Crippen LogP contribution in [0.1, 0.15) is 27.7 Å². The van der Waals surface area contributed by atoms with E-state index in [1.165, 1.54) is 14.0 Å². The molecule has 0 aromatic carbocycles. The summed E-state index contributed by atoms with van der Waals surface area (Å²) in [6, 6.07) is -0.732. The Labute approximate surface area is 101 Å². The molecule has 1 amide bonds. The average molecular weight is 245 g/mol. The van der Waals surface area contributed by atoms with Crippen molar-refractivity contribution in [3.05, 3.63) is 11.8 Å². The lowest BCUT2D eigenvalue weighted by Gasteiger charge is -2.21. The highest BCUT2D eigenvalue weighted by molar-refractivity contribution is 5.82. The Bertz CT molecular complexity index is 316. The zero-order valence-electron chi connectivity index (χ0n) is 10.7. The number of methoxy groups -OCH3 is 1. The van der Waals surface area contributed by atoms with Crippen LogP contribution in [0.25, 0.3) is 0 Å². The van der Waals surface area contributed by atoms with Crippen LogP contribution in [0.15, 0.2) is 11.8 Å². The molecular weight excluding hydrogens is 226 g/mol. The summed E-state index contributed by atoms with van der Waals surface area (Å²) in [7, 11) is 1.19. The molecule has 6 heteroatoms. The molecule has 0 rings (SSSR count). The van der Waals surface area contributed by atoms with Gasteiger partial charge < -0.3 is 19.9 Å². The third kappa shape index (κ3) is 7.21. The van der Waals surface area contributed by atoms with Crippen molar-refractivity contribution < 1.29 is 24.2 Å². The van der Waals surface area contributed by atoms with Gasteiger partial charge in [-0.2, -0.15) is 0 Å². The number of amides is 1. The molecule has 0 aliphatic heterocycles. The fraction of sp³-hybridized carbons (Fsp3) is 0.636. The lowest BCUT2D eigenvalue weighted by molar-refractivity contribution is -0.135. The first-order valence-electron chi connectivity index (χ1n) is 5.13. The summed E-state index contributed by atoms with van der Waals surface area (Å²) >= 11 is 0. The predicted octanol–water partition coefficient (Wildman–Crippen LogP) is 1.51. The van der Waals surface area contributed by atoms with Crippen molar-refractivity contribution in [3.63, 3.8) is 0 Å². The normalized spacial score (nSPS) is 13.8. The summed E-state index contributed by atoms with van der Waals surface area (Å²) in [4.78, 5) is 22.2. The number of rotatable bonds is 3. The molecule has 2 N–H and O–H groups in total. The molecule has 0 spiro atoms. The van der Waals surface area contributed by atoms with Gasteiger partial charge >= 0.3 is 12.1 Å². The van der Waals surface area contributed by atoms with Gasteiger partial charge in [-0.3, -0.25) is 0 Å². The molecule has 98 valence electrons. The topological polar surface area (TPSA) is 84.9 Å². The Morgan fingerprint density at radius 1 is 1.35 bits per heavy atom. The molecule has 0 saturated carbocycles. The van der Waals surface area contributed by atoms with Crippen LogP contribution in [0.5, 0.6) is 0 Å². The van der Waals surface area contributed by atoms with Crippen LogP contribution in [0.2, 0.25) is 0 Å². The van der Waals surface area contributed by atoms with Crippen molar-refractivity contribution >= 4 is 12.1 Å². The Balaban J connectivity index is 4.35. The average Bonchev–Trinajstić information content (AvgIpc) is 2.14. The van der Waals surface area contributed by atoms with Crippen molar-refractivity contribution in [2.45, 2.75) is 39.3 Å². The van der Waals surface area contributed by atoms with E-state index in [9.17, 15) is 14.7 Å². The van der Waals surface area contributed by atoms with Crippen molar-refractivity contribution in [2.75, 3.05) is 7.11 Å². The standard InChI is InChI=1S/C11H19NO5/c1-7(8(13)6-9(14)16-5)12-10(15)17-11(2,3)4/h6-7,13H,1-5H3,(H,12,15)/b8-6-. The molecule has 0 fully saturated rings. The number of nitrogens with one attached hydrogen (secondary N) is 1. The number of carbonyl (C=O) groups is 2. The molecule has 0 aromatic heterocycles. The predicted molar refractivity (Wildman–Crippen MR) is 61.6 cm³/mol. The Kier molecular flexibility index (Phi) is 5.50. The van der Waals surface area contributed by atoms with E-state index in [4.69, 9.17) is 4.74 Å². The first-order chi connectivity index (χ1) is 7.65. The van der Waals surface area contributed by atoms with Gasteiger partial charge in [-0.1, -0.05) is 0 Å². The lowest BCUT2D eigenvalue weighted by atomic mass is 10.2. The SMILES string of the molecule is COC(=O)/C=C(\O)C(C)NC(=O)OC(C)(C)C. The minimum absolute atomic E-state index is 0.303. The largest absolute Gasteiger partial charge is 0.510 e. The first kappa shape index (κ1) is 15.3. The minimum Gasteiger partial charge on any atom is -0.510 e. The van der Waals surface area contributed by atoms with E-state index in [0.29, 0.717) is 0 Å². The number of aliphatic hydroxyl groups excluding tert-OH is 1. The van der Waals surface area contributed by atoms with E-state index in [2.05, 4.69) is 10.1 Å². The number of ether oxygens (including phenoxy) is 2. The van der Waals surface area contributed by atoms with Crippen LogP contribution in [-0.4, -0.2) is 35.9 Å². The third-order valence-electron chi connectivity index (χ3n) is 1.64. The Morgan fingerprint density at radius 3 is 2.29 bits per heavy atom. The molecule has 0 aliphatic rings. The highest BCUT2D eigenvalue weighted by Crippen LogP contribution is 2.07. The quantitative estimate of drug-likeness (QED) is 0.447. The fourth-order valence-corrected chi connectivity index (χ4v) is 0.863. The summed E-state index contributed by atoms with van der Waals surface area (Å²) in [5, 5.41) is 11.8. The van der Waals surface area contributed by atoms with E-state index >= 15 is 0 Å². The summed E-state index contributed by atoms with van der Waals surface area (Å²) in [6.07, 6.45) is 0.219. The maximum absolute atomic E-state index is 11.3. The third-order valence-corrected chi connectivity index (χ3v) is 1.64. The molecule has 0 heterocycles. The molecule has 0 saturated heterocycles. The molecule has 1 atom stereocenters. The fourth-order valence-electron chi connectivity index (χ4n) is 0.863. The van der Waals surface area contributed by atoms with Gasteiger partial charge in [0.1, 0.15) is 11.4 Å². The summed E-state index contributed by atoms with van der Waals surface area (Å²) in [5.41, 5.74) is -0.620. The van der Waals surface area contributed by atoms with E-state index in [-0.39, 0.29) is 5.76 Å². The highest BCUT2D eigenvalue weighted by atomic mass is 16.6. The van der Waals surface area contributed by atoms with E-state index < -0.39 is 23.7 Å². The number of esters is 1. The zero-order valence-corrected chi connectivity index (χ0v) is 10.7. The summed E-state index contributed by atoms with van der Waals surface area (Å²) in [5.74, 6) is -0.997. The van der Waals surface area contributed by atoms with Crippen molar-refractivity contribution in [2.24, 2.45) is 0 Å². The van der Waals surface area contributed by atoms with Crippen molar-refractivity contribution in [1.82, 2.24) is 5.32 Å². The number of aliphatic hydroxyl groups is 1. The van der Waals surface area contributed by atoms with Crippen LogP contribution >= 0.6 is 0 Å². The smallest absolute Gasteiger partial charge is 0.408 e. The molecule has 17 heavy (non-hydrogen) atoms. The van der Waals surface area contributed by atoms with Gasteiger partial charge in [-0.05, 0) is 27.7 Å². The second-order valence-electron chi connectivity index (χ2n) is 4.46. The monoisotopic (exact) mass is 245 g/mol. The second kappa shape index (κ2) is 6.12.